The lowest BCUT2D eigenvalue weighted by atomic mass is 9.84. The lowest BCUT2D eigenvalue weighted by Crippen LogP contribution is -2.45. The Hall–Kier alpha value is 0.100. The number of thioether (sulfide) groups is 1. The number of hydrogen-bond donors (Lipinski definition) is 1. The first-order chi connectivity index (χ1) is 9.05. The van der Waals surface area contributed by atoms with E-state index >= 15 is 0 Å². The standard InChI is InChI=1S/C14H26F3NS/c1-19-11-7-3-2-6-10-18-13-9-5-4-8-12(13)14(15,16)17/h12-13,18H,2-11H2,1H3. The van der Waals surface area contributed by atoms with Gasteiger partial charge in [-0.25, -0.2) is 0 Å². The van der Waals surface area contributed by atoms with Gasteiger partial charge in [0.25, 0.3) is 0 Å². The highest BCUT2D eigenvalue weighted by molar-refractivity contribution is 7.98. The molecule has 2 atom stereocenters. The SMILES string of the molecule is CSCCCCCCNC1CCCCC1C(F)(F)F. The number of halogens is 3. The fourth-order valence-corrected chi connectivity index (χ4v) is 3.27. The molecule has 0 bridgehead atoms. The molecule has 0 aromatic carbocycles. The highest BCUT2D eigenvalue weighted by atomic mass is 32.2. The predicted molar refractivity (Wildman–Crippen MR) is 76.7 cm³/mol. The Morgan fingerprint density at radius 2 is 1.74 bits per heavy atom. The molecule has 5 heteroatoms. The summed E-state index contributed by atoms with van der Waals surface area (Å²) in [5, 5.41) is 3.14. The number of rotatable bonds is 8. The Kier molecular flexibility index (Phi) is 8.23. The third-order valence-corrected chi connectivity index (χ3v) is 4.57. The predicted octanol–water partition coefficient (Wildman–Crippen LogP) is 4.62. The van der Waals surface area contributed by atoms with E-state index in [1.807, 2.05) is 11.8 Å². The largest absolute Gasteiger partial charge is 0.393 e. The Morgan fingerprint density at radius 3 is 2.42 bits per heavy atom. The van der Waals surface area contributed by atoms with Crippen molar-refractivity contribution in [3.8, 4) is 0 Å². The van der Waals surface area contributed by atoms with Crippen LogP contribution >= 0.6 is 11.8 Å². The number of alkyl halides is 3. The summed E-state index contributed by atoms with van der Waals surface area (Å²) in [4.78, 5) is 0. The molecule has 0 amide bonds. The molecule has 0 saturated heterocycles. The number of unbranched alkanes of at least 4 members (excludes halogenated alkanes) is 3. The second kappa shape index (κ2) is 9.11. The minimum atomic E-state index is -4.03. The first-order valence-corrected chi connectivity index (χ1v) is 8.74. The molecule has 0 spiro atoms. The van der Waals surface area contributed by atoms with Crippen molar-refractivity contribution in [1.82, 2.24) is 5.32 Å². The summed E-state index contributed by atoms with van der Waals surface area (Å²) in [5.74, 6) is 0.0596. The van der Waals surface area contributed by atoms with Crippen LogP contribution in [0.15, 0.2) is 0 Å². The zero-order chi connectivity index (χ0) is 14.1. The van der Waals surface area contributed by atoms with E-state index in [1.165, 1.54) is 18.6 Å². The molecule has 1 fully saturated rings. The van der Waals surface area contributed by atoms with Gasteiger partial charge in [0.1, 0.15) is 0 Å². The van der Waals surface area contributed by atoms with Crippen molar-refractivity contribution in [1.29, 1.82) is 0 Å². The normalized spacial score (nSPS) is 24.6. The zero-order valence-electron chi connectivity index (χ0n) is 11.8. The van der Waals surface area contributed by atoms with Gasteiger partial charge in [0, 0.05) is 6.04 Å². The van der Waals surface area contributed by atoms with Crippen LogP contribution in [0.2, 0.25) is 0 Å². The summed E-state index contributed by atoms with van der Waals surface area (Å²) in [6, 6.07) is -0.347. The van der Waals surface area contributed by atoms with Crippen molar-refractivity contribution in [2.45, 2.75) is 63.6 Å². The van der Waals surface area contributed by atoms with Crippen molar-refractivity contribution >= 4 is 11.8 Å². The third kappa shape index (κ3) is 6.89. The molecular weight excluding hydrogens is 271 g/mol. The van der Waals surface area contributed by atoms with Crippen LogP contribution < -0.4 is 5.32 Å². The fraction of sp³-hybridized carbons (Fsp3) is 1.00. The molecule has 1 saturated carbocycles. The average Bonchev–Trinajstić information content (AvgIpc) is 2.37. The summed E-state index contributed by atoms with van der Waals surface area (Å²) in [7, 11) is 0. The van der Waals surface area contributed by atoms with E-state index in [2.05, 4.69) is 11.6 Å². The van der Waals surface area contributed by atoms with Crippen LogP contribution in [0, 0.1) is 5.92 Å². The second-order valence-electron chi connectivity index (χ2n) is 5.40. The molecule has 0 radical (unpaired) electrons. The van der Waals surface area contributed by atoms with Gasteiger partial charge in [-0.2, -0.15) is 24.9 Å². The molecule has 0 aliphatic heterocycles. The summed E-state index contributed by atoms with van der Waals surface area (Å²) < 4.78 is 38.6. The maximum atomic E-state index is 12.9. The maximum Gasteiger partial charge on any atom is 0.393 e. The first-order valence-electron chi connectivity index (χ1n) is 7.34. The van der Waals surface area contributed by atoms with Gasteiger partial charge in [0.15, 0.2) is 0 Å². The third-order valence-electron chi connectivity index (χ3n) is 3.87. The number of hydrogen-bond acceptors (Lipinski definition) is 2. The molecule has 0 aromatic heterocycles. The average molecular weight is 297 g/mol. The van der Waals surface area contributed by atoms with Crippen LogP contribution in [-0.4, -0.2) is 30.8 Å². The summed E-state index contributed by atoms with van der Waals surface area (Å²) >= 11 is 1.85. The molecule has 1 nitrogen and oxygen atoms in total. The van der Waals surface area contributed by atoms with Gasteiger partial charge in [-0.1, -0.05) is 25.7 Å². The molecule has 1 aliphatic rings. The highest BCUT2D eigenvalue weighted by Crippen LogP contribution is 2.37. The van der Waals surface area contributed by atoms with E-state index in [0.29, 0.717) is 12.8 Å². The summed E-state index contributed by atoms with van der Waals surface area (Å²) in [6.07, 6.45) is 5.22. The van der Waals surface area contributed by atoms with Crippen molar-refractivity contribution in [2.75, 3.05) is 18.6 Å². The molecule has 0 heterocycles. The maximum absolute atomic E-state index is 12.9. The van der Waals surface area contributed by atoms with E-state index in [4.69, 9.17) is 0 Å². The minimum Gasteiger partial charge on any atom is -0.313 e. The van der Waals surface area contributed by atoms with Gasteiger partial charge in [-0.3, -0.25) is 0 Å². The van der Waals surface area contributed by atoms with E-state index in [1.54, 1.807) is 0 Å². The Bertz CT molecular complexity index is 233. The molecule has 1 N–H and O–H groups in total. The summed E-state index contributed by atoms with van der Waals surface area (Å²) in [5.41, 5.74) is 0. The molecule has 0 aromatic rings. The monoisotopic (exact) mass is 297 g/mol. The number of nitrogens with one attached hydrogen (secondary N) is 1. The van der Waals surface area contributed by atoms with Crippen molar-refractivity contribution in [2.24, 2.45) is 5.92 Å². The van der Waals surface area contributed by atoms with Crippen LogP contribution in [0.5, 0.6) is 0 Å². The van der Waals surface area contributed by atoms with Crippen LogP contribution in [0.1, 0.15) is 51.4 Å². The summed E-state index contributed by atoms with van der Waals surface area (Å²) in [6.45, 7) is 0.733. The zero-order valence-corrected chi connectivity index (χ0v) is 12.6. The Morgan fingerprint density at radius 1 is 1.05 bits per heavy atom. The quantitative estimate of drug-likeness (QED) is 0.656. The van der Waals surface area contributed by atoms with Gasteiger partial charge in [0.05, 0.1) is 5.92 Å². The van der Waals surface area contributed by atoms with Gasteiger partial charge in [0.2, 0.25) is 0 Å². The second-order valence-corrected chi connectivity index (χ2v) is 6.39. The Balaban J connectivity index is 2.15. The Labute approximate surface area is 119 Å². The van der Waals surface area contributed by atoms with Gasteiger partial charge in [-0.15, -0.1) is 0 Å². The van der Waals surface area contributed by atoms with Crippen LogP contribution in [0.25, 0.3) is 0 Å². The van der Waals surface area contributed by atoms with Crippen LogP contribution in [-0.2, 0) is 0 Å². The molecule has 19 heavy (non-hydrogen) atoms. The van der Waals surface area contributed by atoms with Gasteiger partial charge in [-0.05, 0) is 44.2 Å². The fourth-order valence-electron chi connectivity index (χ4n) is 2.78. The lowest BCUT2D eigenvalue weighted by Gasteiger charge is -2.33. The minimum absolute atomic E-state index is 0.300. The van der Waals surface area contributed by atoms with Crippen molar-refractivity contribution in [3.05, 3.63) is 0 Å². The highest BCUT2D eigenvalue weighted by Gasteiger charge is 2.45. The molecule has 1 aliphatic carbocycles. The topological polar surface area (TPSA) is 12.0 Å². The lowest BCUT2D eigenvalue weighted by molar-refractivity contribution is -0.188. The molecule has 114 valence electrons. The van der Waals surface area contributed by atoms with E-state index in [0.717, 1.165) is 32.2 Å². The van der Waals surface area contributed by atoms with Crippen molar-refractivity contribution < 1.29 is 13.2 Å². The van der Waals surface area contributed by atoms with E-state index in [9.17, 15) is 13.2 Å². The molecule has 2 unspecified atom stereocenters. The smallest absolute Gasteiger partial charge is 0.313 e. The van der Waals surface area contributed by atoms with Crippen LogP contribution in [0.3, 0.4) is 0 Å². The van der Waals surface area contributed by atoms with Gasteiger partial charge < -0.3 is 5.32 Å². The van der Waals surface area contributed by atoms with Crippen LogP contribution in [0.4, 0.5) is 13.2 Å². The first kappa shape index (κ1) is 17.2. The van der Waals surface area contributed by atoms with Crippen molar-refractivity contribution in [3.63, 3.8) is 0 Å². The van der Waals surface area contributed by atoms with E-state index in [-0.39, 0.29) is 6.04 Å². The van der Waals surface area contributed by atoms with Gasteiger partial charge >= 0.3 is 6.18 Å². The molecular formula is C14H26F3NS. The van der Waals surface area contributed by atoms with E-state index < -0.39 is 12.1 Å². The molecule has 1 rings (SSSR count).